The minimum absolute atomic E-state index is 0. The molecule has 0 saturated heterocycles. The summed E-state index contributed by atoms with van der Waals surface area (Å²) in [5.74, 6) is -3.34. The Labute approximate surface area is 181 Å². The summed E-state index contributed by atoms with van der Waals surface area (Å²) in [7, 11) is 0. The number of guanidine groups is 1. The topological polar surface area (TPSA) is 150 Å². The van der Waals surface area contributed by atoms with E-state index in [1.54, 1.807) is 24.3 Å². The van der Waals surface area contributed by atoms with Gasteiger partial charge in [0.2, 0.25) is 0 Å². The van der Waals surface area contributed by atoms with Gasteiger partial charge in [-0.1, -0.05) is 72.8 Å². The molecule has 2 atom stereocenters. The summed E-state index contributed by atoms with van der Waals surface area (Å²) in [4.78, 5) is 25.8. The van der Waals surface area contributed by atoms with Crippen molar-refractivity contribution in [2.24, 2.45) is 11.7 Å². The number of hydrogen-bond acceptors (Lipinski definition) is 6. The second-order valence-electron chi connectivity index (χ2n) is 6.48. The molecule has 0 fully saturated rings. The van der Waals surface area contributed by atoms with Crippen LogP contribution in [0, 0.1) is 11.3 Å². The van der Waals surface area contributed by atoms with Crippen molar-refractivity contribution in [3.63, 3.8) is 0 Å². The van der Waals surface area contributed by atoms with Crippen molar-refractivity contribution in [1.82, 2.24) is 11.5 Å². The Hall–Kier alpha value is -3.91. The molecule has 2 aromatic carbocycles. The summed E-state index contributed by atoms with van der Waals surface area (Å²) in [6.45, 7) is 7.29. The molecular formula is C23H28N4O4. The third-order valence-electron chi connectivity index (χ3n) is 4.42. The van der Waals surface area contributed by atoms with Crippen LogP contribution in [0.15, 0.2) is 86.0 Å². The van der Waals surface area contributed by atoms with Crippen LogP contribution in [0.5, 0.6) is 0 Å². The van der Waals surface area contributed by atoms with Crippen molar-refractivity contribution < 1.29 is 19.1 Å². The molecule has 0 radical (unpaired) electrons. The predicted molar refractivity (Wildman–Crippen MR) is 119 cm³/mol. The van der Waals surface area contributed by atoms with Crippen LogP contribution in [0.2, 0.25) is 0 Å². The molecule has 0 heterocycles. The first kappa shape index (κ1) is 25.1. The average Bonchev–Trinajstić information content (AvgIpc) is 2.76. The van der Waals surface area contributed by atoms with Crippen molar-refractivity contribution in [3.05, 3.63) is 97.1 Å². The second kappa shape index (κ2) is 11.9. The number of hydrogen-bond donors (Lipinski definition) is 4. The number of carbonyl (C=O) groups excluding carboxylic acids is 2. The minimum Gasteiger partial charge on any atom is -0.460 e. The van der Waals surface area contributed by atoms with Gasteiger partial charge in [0.15, 0.2) is 11.5 Å². The van der Waals surface area contributed by atoms with Crippen molar-refractivity contribution in [2.45, 2.75) is 18.8 Å². The Morgan fingerprint density at radius 3 is 1.90 bits per heavy atom. The highest BCUT2D eigenvalue weighted by molar-refractivity contribution is 5.95. The van der Waals surface area contributed by atoms with Crippen LogP contribution in [-0.2, 0) is 32.3 Å². The molecule has 8 heteroatoms. The quantitative estimate of drug-likeness (QED) is 0.198. The fraction of sp³-hybridized carbons (Fsp3) is 0.174. The first-order valence-corrected chi connectivity index (χ1v) is 9.23. The van der Waals surface area contributed by atoms with Crippen LogP contribution < -0.4 is 17.2 Å². The van der Waals surface area contributed by atoms with E-state index in [9.17, 15) is 9.59 Å². The monoisotopic (exact) mass is 424 g/mol. The van der Waals surface area contributed by atoms with Crippen LogP contribution in [-0.4, -0.2) is 23.4 Å². The van der Waals surface area contributed by atoms with Gasteiger partial charge in [0, 0.05) is 0 Å². The summed E-state index contributed by atoms with van der Waals surface area (Å²) in [5.41, 5.74) is 5.18. The van der Waals surface area contributed by atoms with E-state index < -0.39 is 29.4 Å². The Morgan fingerprint density at radius 2 is 1.48 bits per heavy atom. The molecule has 8 nitrogen and oxygen atoms in total. The molecule has 0 aliphatic heterocycles. The number of rotatable bonds is 10. The molecule has 31 heavy (non-hydrogen) atoms. The van der Waals surface area contributed by atoms with Crippen molar-refractivity contribution in [1.29, 1.82) is 5.41 Å². The number of esters is 2. The third kappa shape index (κ3) is 6.55. The van der Waals surface area contributed by atoms with E-state index in [1.807, 2.05) is 36.4 Å². The summed E-state index contributed by atoms with van der Waals surface area (Å²) in [6, 6.07) is 18.1. The highest BCUT2D eigenvalue weighted by Gasteiger charge is 2.48. The van der Waals surface area contributed by atoms with E-state index in [2.05, 4.69) is 18.5 Å². The molecule has 0 bridgehead atoms. The highest BCUT2D eigenvalue weighted by atomic mass is 16.5. The second-order valence-corrected chi connectivity index (χ2v) is 6.48. The smallest absolute Gasteiger partial charge is 0.337 e. The molecule has 7 N–H and O–H groups in total. The lowest BCUT2D eigenvalue weighted by atomic mass is 9.83. The molecular weight excluding hydrogens is 396 g/mol. The van der Waals surface area contributed by atoms with Gasteiger partial charge in [0.1, 0.15) is 19.1 Å². The van der Waals surface area contributed by atoms with Crippen LogP contribution >= 0.6 is 0 Å². The van der Waals surface area contributed by atoms with Gasteiger partial charge in [-0.3, -0.25) is 10.2 Å². The molecule has 2 unspecified atom stereocenters. The molecule has 2 aromatic rings. The van der Waals surface area contributed by atoms with Gasteiger partial charge >= 0.3 is 11.9 Å². The lowest BCUT2D eigenvalue weighted by molar-refractivity contribution is -0.160. The molecule has 164 valence electrons. The van der Waals surface area contributed by atoms with Gasteiger partial charge in [-0.2, -0.15) is 0 Å². The molecule has 0 aliphatic carbocycles. The van der Waals surface area contributed by atoms with E-state index in [0.717, 1.165) is 11.1 Å². The summed E-state index contributed by atoms with van der Waals surface area (Å²) in [5, 5.41) is 10.1. The van der Waals surface area contributed by atoms with Crippen LogP contribution in [0.4, 0.5) is 0 Å². The van der Waals surface area contributed by atoms with Gasteiger partial charge in [0.05, 0.1) is 0 Å². The van der Waals surface area contributed by atoms with Crippen LogP contribution in [0.25, 0.3) is 0 Å². The van der Waals surface area contributed by atoms with Crippen molar-refractivity contribution in [3.8, 4) is 0 Å². The normalized spacial score (nSPS) is 12.8. The van der Waals surface area contributed by atoms with Gasteiger partial charge in [-0.25, -0.2) is 4.79 Å². The fourth-order valence-corrected chi connectivity index (χ4v) is 2.87. The van der Waals surface area contributed by atoms with E-state index in [1.165, 1.54) is 12.2 Å². The largest absolute Gasteiger partial charge is 0.460 e. The van der Waals surface area contributed by atoms with Gasteiger partial charge in [-0.15, -0.1) is 13.2 Å². The molecule has 0 saturated carbocycles. The van der Waals surface area contributed by atoms with E-state index in [0.29, 0.717) is 0 Å². The summed E-state index contributed by atoms with van der Waals surface area (Å²) in [6.07, 6.45) is 2.42. The maximum Gasteiger partial charge on any atom is 0.337 e. The summed E-state index contributed by atoms with van der Waals surface area (Å²) < 4.78 is 10.8. The van der Waals surface area contributed by atoms with E-state index >= 15 is 0 Å². The molecule has 0 aliphatic rings. The maximum atomic E-state index is 13.0. The molecule has 0 aromatic heterocycles. The fourth-order valence-electron chi connectivity index (χ4n) is 2.87. The number of carbonyl (C=O) groups is 2. The number of nitrogens with one attached hydrogen (secondary N) is 2. The Kier molecular flexibility index (Phi) is 9.68. The van der Waals surface area contributed by atoms with Crippen molar-refractivity contribution in [2.75, 3.05) is 0 Å². The Morgan fingerprint density at radius 1 is 1.00 bits per heavy atom. The highest BCUT2D eigenvalue weighted by Crippen LogP contribution is 2.25. The number of ether oxygens (including phenoxy) is 2. The zero-order chi connectivity index (χ0) is 22.0. The molecule has 2 rings (SSSR count). The zero-order valence-corrected chi connectivity index (χ0v) is 17.3. The predicted octanol–water partition coefficient (Wildman–Crippen LogP) is 2.85. The van der Waals surface area contributed by atoms with Crippen LogP contribution in [0.3, 0.4) is 0 Å². The van der Waals surface area contributed by atoms with Crippen LogP contribution in [0.1, 0.15) is 11.1 Å². The molecule has 0 amide bonds. The van der Waals surface area contributed by atoms with Gasteiger partial charge < -0.3 is 26.7 Å². The first-order valence-electron chi connectivity index (χ1n) is 9.23. The maximum absolute atomic E-state index is 13.0. The third-order valence-corrected chi connectivity index (χ3v) is 4.42. The lowest BCUT2D eigenvalue weighted by Gasteiger charge is -2.34. The minimum atomic E-state index is -1.85. The number of benzene rings is 2. The number of nitrogens with two attached hydrogens (primary N) is 1. The van der Waals surface area contributed by atoms with Gasteiger partial charge in [0.25, 0.3) is 0 Å². The van der Waals surface area contributed by atoms with Gasteiger partial charge in [-0.05, 0) is 11.1 Å². The van der Waals surface area contributed by atoms with E-state index in [-0.39, 0.29) is 19.4 Å². The Balaban J connectivity index is 0.00000480. The zero-order valence-electron chi connectivity index (χ0n) is 17.3. The lowest BCUT2D eigenvalue weighted by Crippen LogP contribution is -2.61. The first-order chi connectivity index (χ1) is 14.4. The van der Waals surface area contributed by atoms with Crippen molar-refractivity contribution >= 4 is 17.9 Å². The average molecular weight is 425 g/mol. The molecule has 0 spiro atoms. The standard InChI is InChI=1S/C23H25N3O4.H3N/c1-3-19(20(27)29-15-17-11-7-5-8-12-17)23(4-2,26-22(24)25)21(28)30-16-18-13-9-6-10-14-18;/h3-14,19H,1-2,15-16H2,(H4,24,25,26);1H3. The Bertz CT molecular complexity index is 902. The summed E-state index contributed by atoms with van der Waals surface area (Å²) >= 11 is 0. The van der Waals surface area contributed by atoms with E-state index in [4.69, 9.17) is 20.6 Å². The SMILES string of the molecule is C=CC(C(=O)OCc1ccccc1)C(C=C)(NC(=N)N)C(=O)OCc1ccccc1.N.